The van der Waals surface area contributed by atoms with Crippen LogP contribution in [0.3, 0.4) is 0 Å². The number of carbonyl (C=O) groups excluding carboxylic acids is 1. The van der Waals surface area contributed by atoms with Crippen LogP contribution in [-0.4, -0.2) is 25.3 Å². The van der Waals surface area contributed by atoms with E-state index in [0.717, 1.165) is 39.9 Å². The predicted octanol–water partition coefficient (Wildman–Crippen LogP) is 5.53. The lowest BCUT2D eigenvalue weighted by atomic mass is 9.89. The molecule has 1 saturated carbocycles. The molecule has 0 radical (unpaired) electrons. The number of pyridine rings is 1. The highest BCUT2D eigenvalue weighted by Gasteiger charge is 2.27. The molecule has 28 heavy (non-hydrogen) atoms. The number of thiazole rings is 1. The van der Waals surface area contributed by atoms with Crippen molar-refractivity contribution in [1.82, 2.24) is 19.5 Å². The van der Waals surface area contributed by atoms with E-state index >= 15 is 0 Å². The van der Waals surface area contributed by atoms with Crippen LogP contribution in [0.15, 0.2) is 24.5 Å². The number of Topliss-reactive ketones (excluding diaryl/α,β-unsaturated/α-hetero) is 1. The van der Waals surface area contributed by atoms with Gasteiger partial charge in [0.1, 0.15) is 21.8 Å². The van der Waals surface area contributed by atoms with Crippen molar-refractivity contribution in [3.05, 3.63) is 35.1 Å². The van der Waals surface area contributed by atoms with Crippen LogP contribution in [-0.2, 0) is 11.8 Å². The van der Waals surface area contributed by atoms with Crippen LogP contribution in [0.2, 0.25) is 0 Å². The fourth-order valence-electron chi connectivity index (χ4n) is 4.45. The molecule has 1 aliphatic rings. The Labute approximate surface area is 167 Å². The van der Waals surface area contributed by atoms with Crippen LogP contribution in [0.4, 0.5) is 0 Å². The molecule has 0 unspecified atom stereocenters. The zero-order valence-electron chi connectivity index (χ0n) is 16.5. The molecule has 0 spiro atoms. The average molecular weight is 393 g/mol. The van der Waals surface area contributed by atoms with E-state index in [9.17, 15) is 4.79 Å². The van der Waals surface area contributed by atoms with Gasteiger partial charge in [0.25, 0.3) is 0 Å². The molecule has 0 amide bonds. The minimum absolute atomic E-state index is 0.360. The molecule has 1 aliphatic carbocycles. The molecular weight excluding hydrogens is 368 g/mol. The number of H-pyrrole nitrogens is 1. The number of fused-ring (bicyclic) bond motifs is 2. The van der Waals surface area contributed by atoms with Crippen LogP contribution >= 0.6 is 11.3 Å². The van der Waals surface area contributed by atoms with Crippen molar-refractivity contribution in [2.75, 3.05) is 0 Å². The Morgan fingerprint density at radius 1 is 1.29 bits per heavy atom. The fourth-order valence-corrected chi connectivity index (χ4v) is 5.60. The van der Waals surface area contributed by atoms with Gasteiger partial charge < -0.3 is 9.55 Å². The first-order chi connectivity index (χ1) is 13.5. The van der Waals surface area contributed by atoms with Gasteiger partial charge in [-0.15, -0.1) is 11.3 Å². The second-order valence-corrected chi connectivity index (χ2v) is 9.17. The molecule has 4 heterocycles. The van der Waals surface area contributed by atoms with E-state index in [1.54, 1.807) is 11.3 Å². The highest BCUT2D eigenvalue weighted by Crippen LogP contribution is 2.42. The largest absolute Gasteiger partial charge is 0.345 e. The molecule has 0 aromatic carbocycles. The SMILES string of the molecule is CC(C)c1c(-c2cn(C)c3ncccc23)[nH]c2sc(C3CCC(=O)CC3)nc12. The maximum Gasteiger partial charge on any atom is 0.140 e. The number of aromatic amines is 1. The number of hydrogen-bond acceptors (Lipinski definition) is 4. The average Bonchev–Trinajstić information content (AvgIpc) is 3.33. The smallest absolute Gasteiger partial charge is 0.140 e. The molecular formula is C22H24N4OS. The van der Waals surface area contributed by atoms with Gasteiger partial charge in [-0.05, 0) is 30.9 Å². The topological polar surface area (TPSA) is 63.6 Å². The summed E-state index contributed by atoms with van der Waals surface area (Å²) in [5.74, 6) is 1.18. The van der Waals surface area contributed by atoms with Gasteiger partial charge in [-0.3, -0.25) is 4.79 Å². The van der Waals surface area contributed by atoms with Crippen LogP contribution < -0.4 is 0 Å². The highest BCUT2D eigenvalue weighted by molar-refractivity contribution is 7.18. The van der Waals surface area contributed by atoms with Crippen molar-refractivity contribution < 1.29 is 4.79 Å². The van der Waals surface area contributed by atoms with E-state index in [0.29, 0.717) is 30.5 Å². The second-order valence-electron chi connectivity index (χ2n) is 8.14. The third-order valence-electron chi connectivity index (χ3n) is 5.88. The van der Waals surface area contributed by atoms with Gasteiger partial charge in [0.2, 0.25) is 0 Å². The standard InChI is InChI=1S/C22H24N4OS/c1-12(2)17-18(16-11-26(3)20-15(16)5-4-10-23-20)24-22-19(17)25-21(28-22)13-6-8-14(27)9-7-13/h4-5,10-13,24H,6-9H2,1-3H3. The van der Waals surface area contributed by atoms with Gasteiger partial charge in [-0.2, -0.15) is 0 Å². The summed E-state index contributed by atoms with van der Waals surface area (Å²) < 4.78 is 2.08. The molecule has 5 rings (SSSR count). The number of hydrogen-bond donors (Lipinski definition) is 1. The summed E-state index contributed by atoms with van der Waals surface area (Å²) in [6.45, 7) is 4.46. The minimum atomic E-state index is 0.360. The summed E-state index contributed by atoms with van der Waals surface area (Å²) in [4.78, 5) is 26.0. The van der Waals surface area contributed by atoms with Crippen molar-refractivity contribution >= 4 is 38.5 Å². The summed E-state index contributed by atoms with van der Waals surface area (Å²) in [5.41, 5.74) is 5.71. The first-order valence-corrected chi connectivity index (χ1v) is 10.8. The van der Waals surface area contributed by atoms with E-state index in [4.69, 9.17) is 4.98 Å². The van der Waals surface area contributed by atoms with E-state index in [1.807, 2.05) is 19.3 Å². The van der Waals surface area contributed by atoms with Gasteiger partial charge >= 0.3 is 0 Å². The lowest BCUT2D eigenvalue weighted by molar-refractivity contribution is -0.120. The third kappa shape index (κ3) is 2.70. The van der Waals surface area contributed by atoms with Gasteiger partial charge in [-0.1, -0.05) is 13.8 Å². The molecule has 1 fully saturated rings. The number of rotatable bonds is 3. The lowest BCUT2D eigenvalue weighted by Gasteiger charge is -2.18. The fraction of sp³-hybridized carbons (Fsp3) is 0.409. The zero-order valence-corrected chi connectivity index (χ0v) is 17.3. The molecule has 4 aromatic rings. The molecule has 6 heteroatoms. The Hall–Kier alpha value is -2.47. The first-order valence-electron chi connectivity index (χ1n) is 9.97. The first kappa shape index (κ1) is 17.6. The van der Waals surface area contributed by atoms with Crippen LogP contribution in [0, 0.1) is 0 Å². The predicted molar refractivity (Wildman–Crippen MR) is 114 cm³/mol. The van der Waals surface area contributed by atoms with Crippen molar-refractivity contribution in [3.63, 3.8) is 0 Å². The maximum atomic E-state index is 11.6. The number of nitrogens with one attached hydrogen (secondary N) is 1. The van der Waals surface area contributed by atoms with Crippen molar-refractivity contribution in [3.8, 4) is 11.3 Å². The number of aryl methyl sites for hydroxylation is 1. The quantitative estimate of drug-likeness (QED) is 0.499. The van der Waals surface area contributed by atoms with Crippen molar-refractivity contribution in [1.29, 1.82) is 0 Å². The molecule has 5 nitrogen and oxygen atoms in total. The molecule has 144 valence electrons. The molecule has 0 saturated heterocycles. The van der Waals surface area contributed by atoms with E-state index in [-0.39, 0.29) is 0 Å². The van der Waals surface area contributed by atoms with Crippen molar-refractivity contribution in [2.24, 2.45) is 7.05 Å². The van der Waals surface area contributed by atoms with E-state index < -0.39 is 0 Å². The third-order valence-corrected chi connectivity index (χ3v) is 7.01. The van der Waals surface area contributed by atoms with Crippen LogP contribution in [0.25, 0.3) is 32.6 Å². The Bertz CT molecular complexity index is 1190. The number of ketones is 1. The summed E-state index contributed by atoms with van der Waals surface area (Å²) in [6, 6.07) is 4.13. The molecule has 1 N–H and O–H groups in total. The van der Waals surface area contributed by atoms with E-state index in [1.165, 1.54) is 16.1 Å². The normalized spacial score (nSPS) is 16.1. The number of aromatic nitrogens is 4. The van der Waals surface area contributed by atoms with E-state index in [2.05, 4.69) is 40.6 Å². The summed E-state index contributed by atoms with van der Waals surface area (Å²) in [5, 5.41) is 2.34. The molecule has 0 atom stereocenters. The summed E-state index contributed by atoms with van der Waals surface area (Å²) in [7, 11) is 2.04. The molecule has 0 aliphatic heterocycles. The Morgan fingerprint density at radius 3 is 2.82 bits per heavy atom. The molecule has 4 aromatic heterocycles. The molecule has 0 bridgehead atoms. The Balaban J connectivity index is 1.65. The monoisotopic (exact) mass is 392 g/mol. The van der Waals surface area contributed by atoms with Crippen LogP contribution in [0.5, 0.6) is 0 Å². The minimum Gasteiger partial charge on any atom is -0.345 e. The van der Waals surface area contributed by atoms with Gasteiger partial charge in [0, 0.05) is 54.7 Å². The summed E-state index contributed by atoms with van der Waals surface area (Å²) >= 11 is 1.76. The van der Waals surface area contributed by atoms with Crippen molar-refractivity contribution in [2.45, 2.75) is 51.4 Å². The Kier molecular flexibility index (Phi) is 4.12. The second kappa shape index (κ2) is 6.55. The van der Waals surface area contributed by atoms with Crippen LogP contribution in [0.1, 0.15) is 61.9 Å². The van der Waals surface area contributed by atoms with Gasteiger partial charge in [-0.25, -0.2) is 9.97 Å². The highest BCUT2D eigenvalue weighted by atomic mass is 32.1. The summed E-state index contributed by atoms with van der Waals surface area (Å²) in [6.07, 6.45) is 7.27. The lowest BCUT2D eigenvalue weighted by Crippen LogP contribution is -2.12. The number of nitrogens with zero attached hydrogens (tertiary/aromatic N) is 3. The number of carbonyl (C=O) groups is 1. The Morgan fingerprint density at radius 2 is 2.07 bits per heavy atom. The maximum absolute atomic E-state index is 11.6. The van der Waals surface area contributed by atoms with Gasteiger partial charge in [0.15, 0.2) is 0 Å². The zero-order chi connectivity index (χ0) is 19.4. The van der Waals surface area contributed by atoms with Gasteiger partial charge in [0.05, 0.1) is 10.7 Å².